The van der Waals surface area contributed by atoms with E-state index in [9.17, 15) is 4.79 Å². The van der Waals surface area contributed by atoms with Crippen molar-refractivity contribution in [3.63, 3.8) is 0 Å². The fraction of sp³-hybridized carbons (Fsp3) is 0.500. The molecule has 17 heavy (non-hydrogen) atoms. The molecule has 0 fully saturated rings. The SMILES string of the molecule is CCCn1cc(OC/C=C/C(=O)OCC)cn1. The van der Waals surface area contributed by atoms with Crippen LogP contribution in [0.15, 0.2) is 24.5 Å². The van der Waals surface area contributed by atoms with E-state index in [2.05, 4.69) is 12.0 Å². The summed E-state index contributed by atoms with van der Waals surface area (Å²) in [5.41, 5.74) is 0. The second-order valence-electron chi connectivity index (χ2n) is 3.40. The van der Waals surface area contributed by atoms with Gasteiger partial charge in [0.25, 0.3) is 0 Å². The Balaban J connectivity index is 2.27. The molecule has 0 bridgehead atoms. The van der Waals surface area contributed by atoms with E-state index in [1.807, 2.05) is 10.9 Å². The minimum absolute atomic E-state index is 0.330. The van der Waals surface area contributed by atoms with Crippen molar-refractivity contribution in [2.75, 3.05) is 13.2 Å². The first-order valence-electron chi connectivity index (χ1n) is 5.74. The Labute approximate surface area is 101 Å². The predicted octanol–water partition coefficient (Wildman–Crippen LogP) is 1.79. The van der Waals surface area contributed by atoms with Crippen molar-refractivity contribution in [1.82, 2.24) is 9.78 Å². The first-order valence-corrected chi connectivity index (χ1v) is 5.74. The first-order chi connectivity index (χ1) is 8.26. The number of nitrogens with zero attached hydrogens (tertiary/aromatic N) is 2. The Morgan fingerprint density at radius 2 is 2.35 bits per heavy atom. The molecule has 0 aliphatic rings. The molecular formula is C12H18N2O3. The zero-order valence-corrected chi connectivity index (χ0v) is 10.3. The van der Waals surface area contributed by atoms with E-state index in [4.69, 9.17) is 9.47 Å². The summed E-state index contributed by atoms with van der Waals surface area (Å²) in [6.45, 7) is 5.45. The highest BCUT2D eigenvalue weighted by atomic mass is 16.5. The molecule has 0 N–H and O–H groups in total. The van der Waals surface area contributed by atoms with Gasteiger partial charge in [0, 0.05) is 12.6 Å². The molecule has 0 atom stereocenters. The minimum Gasteiger partial charge on any atom is -0.486 e. The van der Waals surface area contributed by atoms with Crippen LogP contribution < -0.4 is 4.74 Å². The van der Waals surface area contributed by atoms with E-state index >= 15 is 0 Å². The van der Waals surface area contributed by atoms with Gasteiger partial charge in [-0.1, -0.05) is 6.92 Å². The molecular weight excluding hydrogens is 220 g/mol. The summed E-state index contributed by atoms with van der Waals surface area (Å²) in [6.07, 6.45) is 7.51. The fourth-order valence-electron chi connectivity index (χ4n) is 1.25. The largest absolute Gasteiger partial charge is 0.486 e. The lowest BCUT2D eigenvalue weighted by atomic mass is 10.5. The zero-order chi connectivity index (χ0) is 12.5. The highest BCUT2D eigenvalue weighted by molar-refractivity contribution is 5.81. The maximum Gasteiger partial charge on any atom is 0.330 e. The van der Waals surface area contributed by atoms with E-state index in [1.54, 1.807) is 19.2 Å². The highest BCUT2D eigenvalue weighted by Gasteiger charge is 1.97. The number of aryl methyl sites for hydroxylation is 1. The van der Waals surface area contributed by atoms with Gasteiger partial charge in [-0.2, -0.15) is 5.10 Å². The number of esters is 1. The molecule has 1 rings (SSSR count). The van der Waals surface area contributed by atoms with Gasteiger partial charge in [-0.3, -0.25) is 4.68 Å². The zero-order valence-electron chi connectivity index (χ0n) is 10.3. The number of hydrogen-bond acceptors (Lipinski definition) is 4. The van der Waals surface area contributed by atoms with Crippen molar-refractivity contribution in [3.05, 3.63) is 24.5 Å². The Hall–Kier alpha value is -1.78. The lowest BCUT2D eigenvalue weighted by Gasteiger charge is -1.98. The highest BCUT2D eigenvalue weighted by Crippen LogP contribution is 2.08. The molecule has 0 aliphatic heterocycles. The molecule has 0 amide bonds. The van der Waals surface area contributed by atoms with Crippen LogP contribution in [0.1, 0.15) is 20.3 Å². The quantitative estimate of drug-likeness (QED) is 0.537. The normalized spacial score (nSPS) is 10.7. The van der Waals surface area contributed by atoms with Crippen molar-refractivity contribution in [1.29, 1.82) is 0 Å². The van der Waals surface area contributed by atoms with Crippen LogP contribution in [-0.2, 0) is 16.1 Å². The van der Waals surface area contributed by atoms with Gasteiger partial charge in [-0.05, 0) is 19.4 Å². The summed E-state index contributed by atoms with van der Waals surface area (Å²) in [7, 11) is 0. The lowest BCUT2D eigenvalue weighted by molar-refractivity contribution is -0.137. The van der Waals surface area contributed by atoms with Gasteiger partial charge in [0.15, 0.2) is 5.75 Å². The van der Waals surface area contributed by atoms with Crippen LogP contribution in [0.25, 0.3) is 0 Å². The third-order valence-electron chi connectivity index (χ3n) is 1.95. The summed E-state index contributed by atoms with van der Waals surface area (Å²) in [5, 5.41) is 4.13. The van der Waals surface area contributed by atoms with Gasteiger partial charge < -0.3 is 9.47 Å². The van der Waals surface area contributed by atoms with E-state index in [1.165, 1.54) is 6.08 Å². The number of hydrogen-bond donors (Lipinski definition) is 0. The average Bonchev–Trinajstić information content (AvgIpc) is 2.73. The van der Waals surface area contributed by atoms with Gasteiger partial charge in [-0.25, -0.2) is 4.79 Å². The van der Waals surface area contributed by atoms with Crippen molar-refractivity contribution >= 4 is 5.97 Å². The van der Waals surface area contributed by atoms with Crippen molar-refractivity contribution in [2.45, 2.75) is 26.8 Å². The lowest BCUT2D eigenvalue weighted by Crippen LogP contribution is -2.00. The standard InChI is InChI=1S/C12H18N2O3/c1-3-7-14-10-11(9-13-14)17-8-5-6-12(15)16-4-2/h5-6,9-10H,3-4,7-8H2,1-2H3/b6-5+. The van der Waals surface area contributed by atoms with Gasteiger partial charge in [-0.15, -0.1) is 0 Å². The van der Waals surface area contributed by atoms with E-state index < -0.39 is 0 Å². The van der Waals surface area contributed by atoms with Crippen molar-refractivity contribution in [2.24, 2.45) is 0 Å². The fourth-order valence-corrected chi connectivity index (χ4v) is 1.25. The number of carbonyl (C=O) groups is 1. The summed E-state index contributed by atoms with van der Waals surface area (Å²) >= 11 is 0. The molecule has 0 unspecified atom stereocenters. The molecule has 1 aromatic rings. The molecule has 5 heteroatoms. The molecule has 1 heterocycles. The Kier molecular flexibility index (Phi) is 5.85. The number of aromatic nitrogens is 2. The Morgan fingerprint density at radius 3 is 3.06 bits per heavy atom. The molecule has 0 aromatic carbocycles. The van der Waals surface area contributed by atoms with Crippen LogP contribution in [0.3, 0.4) is 0 Å². The van der Waals surface area contributed by atoms with E-state index in [-0.39, 0.29) is 5.97 Å². The summed E-state index contributed by atoms with van der Waals surface area (Å²) in [6, 6.07) is 0. The van der Waals surface area contributed by atoms with Crippen LogP contribution >= 0.6 is 0 Å². The number of rotatable bonds is 7. The van der Waals surface area contributed by atoms with Crippen LogP contribution in [0.4, 0.5) is 0 Å². The molecule has 0 radical (unpaired) electrons. The van der Waals surface area contributed by atoms with Gasteiger partial charge in [0.05, 0.1) is 19.0 Å². The minimum atomic E-state index is -0.349. The maximum absolute atomic E-state index is 11.0. The number of carbonyl (C=O) groups excluding carboxylic acids is 1. The van der Waals surface area contributed by atoms with Crippen LogP contribution in [0, 0.1) is 0 Å². The molecule has 1 aromatic heterocycles. The molecule has 5 nitrogen and oxygen atoms in total. The second-order valence-corrected chi connectivity index (χ2v) is 3.40. The van der Waals surface area contributed by atoms with Gasteiger partial charge in [0.2, 0.25) is 0 Å². The monoisotopic (exact) mass is 238 g/mol. The Morgan fingerprint density at radius 1 is 1.53 bits per heavy atom. The first kappa shape index (κ1) is 13.3. The van der Waals surface area contributed by atoms with Crippen LogP contribution in [0.5, 0.6) is 5.75 Å². The number of ether oxygens (including phenoxy) is 2. The molecule has 0 aliphatic carbocycles. The molecule has 94 valence electrons. The average molecular weight is 238 g/mol. The molecule has 0 spiro atoms. The summed E-state index contributed by atoms with van der Waals surface area (Å²) in [4.78, 5) is 11.0. The smallest absolute Gasteiger partial charge is 0.330 e. The van der Waals surface area contributed by atoms with Gasteiger partial charge >= 0.3 is 5.97 Å². The predicted molar refractivity (Wildman–Crippen MR) is 63.8 cm³/mol. The van der Waals surface area contributed by atoms with Crippen LogP contribution in [-0.4, -0.2) is 29.0 Å². The van der Waals surface area contributed by atoms with Gasteiger partial charge in [0.1, 0.15) is 6.61 Å². The Bertz CT molecular complexity index is 372. The van der Waals surface area contributed by atoms with E-state index in [0.29, 0.717) is 19.0 Å². The van der Waals surface area contributed by atoms with E-state index in [0.717, 1.165) is 13.0 Å². The molecule has 0 saturated heterocycles. The third kappa shape index (κ3) is 5.19. The molecule has 0 saturated carbocycles. The van der Waals surface area contributed by atoms with Crippen molar-refractivity contribution in [3.8, 4) is 5.75 Å². The second kappa shape index (κ2) is 7.49. The van der Waals surface area contributed by atoms with Crippen LogP contribution in [0.2, 0.25) is 0 Å². The van der Waals surface area contributed by atoms with Crippen molar-refractivity contribution < 1.29 is 14.3 Å². The maximum atomic E-state index is 11.0. The summed E-state index contributed by atoms with van der Waals surface area (Å²) < 4.78 is 11.9. The third-order valence-corrected chi connectivity index (χ3v) is 1.95. The summed E-state index contributed by atoms with van der Waals surface area (Å²) in [5.74, 6) is 0.352. The topological polar surface area (TPSA) is 53.4 Å².